The number of carbonyl (C=O) groups excluding carboxylic acids is 1. The molecule has 2 aromatic carbocycles. The Kier molecular flexibility index (Phi) is 12.2. The fourth-order valence-corrected chi connectivity index (χ4v) is 10.5. The molecular weight excluding hydrogens is 681 g/mol. The lowest BCUT2D eigenvalue weighted by molar-refractivity contribution is -0.183. The lowest BCUT2D eigenvalue weighted by Gasteiger charge is -2.62. The molecule has 1 heterocycles. The fourth-order valence-electron chi connectivity index (χ4n) is 9.27. The Morgan fingerprint density at radius 1 is 1.15 bits per heavy atom. The summed E-state index contributed by atoms with van der Waals surface area (Å²) in [5.41, 5.74) is 2.24. The number of para-hydroxylation sites is 1. The highest BCUT2D eigenvalue weighted by Gasteiger charge is 2.57. The van der Waals surface area contributed by atoms with Crippen molar-refractivity contribution >= 4 is 15.9 Å². The minimum absolute atomic E-state index is 0.0245. The molecule has 3 saturated carbocycles. The van der Waals surface area contributed by atoms with Gasteiger partial charge in [0.05, 0.1) is 31.3 Å². The summed E-state index contributed by atoms with van der Waals surface area (Å²) < 4.78 is 36.4. The lowest BCUT2D eigenvalue weighted by Crippen LogP contribution is -2.62. The summed E-state index contributed by atoms with van der Waals surface area (Å²) in [6, 6.07) is 11.3. The van der Waals surface area contributed by atoms with Crippen molar-refractivity contribution in [1.29, 1.82) is 0 Å². The number of nitrogens with zero attached hydrogens (tertiary/aromatic N) is 2. The number of rotatable bonds is 14. The number of ether oxygens (including phenoxy) is 1. The summed E-state index contributed by atoms with van der Waals surface area (Å²) in [6.07, 6.45) is 1.09. The predicted molar refractivity (Wildman–Crippen MR) is 203 cm³/mol. The average Bonchev–Trinajstić information content (AvgIpc) is 3.42. The van der Waals surface area contributed by atoms with Gasteiger partial charge < -0.3 is 25.2 Å². The highest BCUT2D eigenvalue weighted by molar-refractivity contribution is 7.89. The highest BCUT2D eigenvalue weighted by Crippen LogP contribution is 2.61. The summed E-state index contributed by atoms with van der Waals surface area (Å²) in [6.45, 7) is 15.1. The molecule has 11 nitrogen and oxygen atoms in total. The van der Waals surface area contributed by atoms with Crippen LogP contribution in [0.4, 0.5) is 0 Å². The van der Waals surface area contributed by atoms with Gasteiger partial charge in [0.15, 0.2) is 0 Å². The molecule has 0 aromatic heterocycles. The molecule has 9 atom stereocenters. The van der Waals surface area contributed by atoms with E-state index in [0.717, 1.165) is 6.42 Å². The first-order chi connectivity index (χ1) is 24.3. The Morgan fingerprint density at radius 3 is 2.42 bits per heavy atom. The molecule has 2 aromatic rings. The number of aliphatic hydroxyl groups excluding tert-OH is 2. The molecule has 12 heteroatoms. The number of nitrogens with one attached hydrogen (secondary N) is 2. The number of fused-ring (bicyclic) bond motifs is 2. The number of sulfonamides is 1. The number of carbonyl (C=O) groups is 1. The van der Waals surface area contributed by atoms with E-state index in [0.29, 0.717) is 53.2 Å². The standard InChI is InChI=1S/C40H62N4O7S/c1-24-32-18-28(40(32,6)7)19-33(24)41-38(47)36-35(25(2)46)34(23-45)51-44(36)21-27-14-12-16-31(37(27)50-10)26-13-11-15-30(17-26)52(48,49)42-29(22-43(8)9)20-39(3,4)5/h11-17,24-25,28-29,32-36,42,45-46H,18-23H2,1-10H3,(H,41,47)/t24-,25-,28?,29-,32-,33-,34-,35+,36-/m0/s1. The molecule has 290 valence electrons. The summed E-state index contributed by atoms with van der Waals surface area (Å²) in [5, 5.41) is 26.1. The third-order valence-corrected chi connectivity index (χ3v) is 13.4. The Balaban J connectivity index is 1.41. The largest absolute Gasteiger partial charge is 0.496 e. The number of benzene rings is 2. The number of methoxy groups -OCH3 is 1. The number of hydroxylamine groups is 2. The van der Waals surface area contributed by atoms with Crippen LogP contribution in [0.5, 0.6) is 5.75 Å². The van der Waals surface area contributed by atoms with Crippen LogP contribution in [0.15, 0.2) is 47.4 Å². The quantitative estimate of drug-likeness (QED) is 0.218. The summed E-state index contributed by atoms with van der Waals surface area (Å²) in [5.74, 6) is 1.05. The third-order valence-electron chi connectivity index (χ3n) is 11.9. The molecule has 1 unspecified atom stereocenters. The van der Waals surface area contributed by atoms with Gasteiger partial charge in [-0.05, 0) is 86.6 Å². The zero-order chi connectivity index (χ0) is 38.3. The molecule has 52 heavy (non-hydrogen) atoms. The molecule has 6 rings (SSSR count). The SMILES string of the molecule is COc1c(CN2O[C@@H](CO)[C@@H]([C@H](C)O)[C@H]2C(=O)N[C@H]2CC3C[C@@H]([C@@H]2C)C3(C)C)cccc1-c1cccc(S(=O)(=O)N[C@H](CN(C)C)CC(C)(C)C)c1. The van der Waals surface area contributed by atoms with E-state index in [1.165, 1.54) is 6.42 Å². The van der Waals surface area contributed by atoms with E-state index in [4.69, 9.17) is 9.57 Å². The number of hydrogen-bond acceptors (Lipinski definition) is 9. The molecule has 1 saturated heterocycles. The average molecular weight is 743 g/mol. The third kappa shape index (κ3) is 8.53. The summed E-state index contributed by atoms with van der Waals surface area (Å²) in [4.78, 5) is 22.5. The maximum Gasteiger partial charge on any atom is 0.240 e. The van der Waals surface area contributed by atoms with Crippen molar-refractivity contribution in [2.24, 2.45) is 34.5 Å². The second-order valence-corrected chi connectivity index (χ2v) is 19.3. The van der Waals surface area contributed by atoms with Gasteiger partial charge in [0, 0.05) is 35.7 Å². The lowest BCUT2D eigenvalue weighted by atomic mass is 9.45. The smallest absolute Gasteiger partial charge is 0.240 e. The minimum Gasteiger partial charge on any atom is -0.496 e. The van der Waals surface area contributed by atoms with Crippen LogP contribution in [-0.4, -0.2) is 99.2 Å². The molecular formula is C40H62N4O7S. The molecule has 4 N–H and O–H groups in total. The van der Waals surface area contributed by atoms with Crippen molar-refractivity contribution in [3.8, 4) is 16.9 Å². The number of aliphatic hydroxyl groups is 2. The second kappa shape index (κ2) is 15.6. The number of hydrogen-bond donors (Lipinski definition) is 4. The molecule has 1 amide bonds. The summed E-state index contributed by atoms with van der Waals surface area (Å²) in [7, 11) is 1.56. The normalized spacial score (nSPS) is 28.7. The maximum absolute atomic E-state index is 14.2. The van der Waals surface area contributed by atoms with Gasteiger partial charge in [0.1, 0.15) is 17.9 Å². The van der Waals surface area contributed by atoms with Crippen LogP contribution >= 0.6 is 0 Å². The van der Waals surface area contributed by atoms with Crippen LogP contribution in [0.2, 0.25) is 0 Å². The van der Waals surface area contributed by atoms with Gasteiger partial charge in [0.25, 0.3) is 0 Å². The van der Waals surface area contributed by atoms with Crippen LogP contribution in [0.1, 0.15) is 73.3 Å². The topological polar surface area (TPSA) is 141 Å². The maximum atomic E-state index is 14.2. The molecule has 3 aliphatic carbocycles. The van der Waals surface area contributed by atoms with E-state index in [1.54, 1.807) is 37.3 Å². The monoisotopic (exact) mass is 742 g/mol. The van der Waals surface area contributed by atoms with Crippen LogP contribution in [0.25, 0.3) is 11.1 Å². The Labute approximate surface area is 311 Å². The van der Waals surface area contributed by atoms with Gasteiger partial charge in [-0.3, -0.25) is 9.63 Å². The molecule has 0 radical (unpaired) electrons. The Hall–Kier alpha value is -2.58. The van der Waals surface area contributed by atoms with Gasteiger partial charge in [0.2, 0.25) is 15.9 Å². The highest BCUT2D eigenvalue weighted by atomic mass is 32.2. The van der Waals surface area contributed by atoms with E-state index >= 15 is 0 Å². The zero-order valence-electron chi connectivity index (χ0n) is 32.7. The zero-order valence-corrected chi connectivity index (χ0v) is 33.5. The molecule has 4 aliphatic rings. The van der Waals surface area contributed by atoms with E-state index in [-0.39, 0.29) is 46.9 Å². The van der Waals surface area contributed by atoms with E-state index < -0.39 is 34.2 Å². The van der Waals surface area contributed by atoms with Crippen molar-refractivity contribution < 1.29 is 33.0 Å². The van der Waals surface area contributed by atoms with Crippen LogP contribution < -0.4 is 14.8 Å². The van der Waals surface area contributed by atoms with E-state index in [9.17, 15) is 23.4 Å². The molecule has 2 bridgehead atoms. The van der Waals surface area contributed by atoms with Crippen LogP contribution in [-0.2, 0) is 26.2 Å². The minimum atomic E-state index is -3.86. The van der Waals surface area contributed by atoms with E-state index in [2.05, 4.69) is 51.6 Å². The Morgan fingerprint density at radius 2 is 1.85 bits per heavy atom. The van der Waals surface area contributed by atoms with Crippen LogP contribution in [0.3, 0.4) is 0 Å². The van der Waals surface area contributed by atoms with Crippen molar-refractivity contribution in [1.82, 2.24) is 20.0 Å². The van der Waals surface area contributed by atoms with Crippen LogP contribution in [0, 0.1) is 34.5 Å². The van der Waals surface area contributed by atoms with Gasteiger partial charge in [-0.25, -0.2) is 13.1 Å². The first-order valence-corrected chi connectivity index (χ1v) is 20.2. The van der Waals surface area contributed by atoms with Gasteiger partial charge in [-0.1, -0.05) is 71.9 Å². The van der Waals surface area contributed by atoms with E-state index in [1.807, 2.05) is 43.3 Å². The van der Waals surface area contributed by atoms with Crippen molar-refractivity contribution in [3.05, 3.63) is 48.0 Å². The van der Waals surface area contributed by atoms with Gasteiger partial charge >= 0.3 is 0 Å². The first-order valence-electron chi connectivity index (χ1n) is 18.7. The molecule has 0 spiro atoms. The number of amides is 1. The molecule has 4 fully saturated rings. The van der Waals surface area contributed by atoms with Gasteiger partial charge in [-0.2, -0.15) is 5.06 Å². The van der Waals surface area contributed by atoms with Crippen molar-refractivity contribution in [3.63, 3.8) is 0 Å². The van der Waals surface area contributed by atoms with Crippen molar-refractivity contribution in [2.45, 2.75) is 110 Å². The van der Waals surface area contributed by atoms with Crippen molar-refractivity contribution in [2.75, 3.05) is 34.4 Å². The first kappa shape index (κ1) is 40.6. The molecule has 1 aliphatic heterocycles. The predicted octanol–water partition coefficient (Wildman–Crippen LogP) is 4.67. The van der Waals surface area contributed by atoms with Gasteiger partial charge in [-0.15, -0.1) is 0 Å². The summed E-state index contributed by atoms with van der Waals surface area (Å²) >= 11 is 0. The second-order valence-electron chi connectivity index (χ2n) is 17.6. The Bertz CT molecular complexity index is 1670. The fraction of sp³-hybridized carbons (Fsp3) is 0.675. The number of likely N-dealkylation sites (N-methyl/N-ethyl adjacent to an activating group) is 1.